The fourth-order valence-electron chi connectivity index (χ4n) is 0.780. The maximum absolute atomic E-state index is 9.82. The van der Waals surface area contributed by atoms with E-state index >= 15 is 0 Å². The van der Waals surface area contributed by atoms with Crippen molar-refractivity contribution in [3.05, 3.63) is 0 Å². The molecule has 3 heteroatoms. The van der Waals surface area contributed by atoms with Crippen LogP contribution in [-0.2, 0) is 4.79 Å². The maximum Gasteiger partial charge on any atom is 0.207 e. The Labute approximate surface area is 75.5 Å². The fourth-order valence-corrected chi connectivity index (χ4v) is 0.780. The molecule has 0 spiro atoms. The second kappa shape index (κ2) is 10.1. The van der Waals surface area contributed by atoms with Crippen molar-refractivity contribution in [3.63, 3.8) is 0 Å². The average Bonchev–Trinajstić information content (AvgIpc) is 1.96. The first-order valence-electron chi connectivity index (χ1n) is 3.94. The van der Waals surface area contributed by atoms with E-state index in [9.17, 15) is 4.79 Å². The van der Waals surface area contributed by atoms with Crippen molar-refractivity contribution in [3.8, 4) is 0 Å². The molecular weight excluding hydrogens is 155 g/mol. The topological polar surface area (TPSA) is 32.1 Å². The molecule has 3 nitrogen and oxygen atoms in total. The summed E-state index contributed by atoms with van der Waals surface area (Å²) in [4.78, 5) is 9.82. The summed E-state index contributed by atoms with van der Waals surface area (Å²) in [6, 6.07) is 0. The zero-order valence-corrected chi connectivity index (χ0v) is 7.34. The molecule has 0 rings (SSSR count). The number of nitrogens with one attached hydrogen (secondary N) is 1. The van der Waals surface area contributed by atoms with E-state index in [0.29, 0.717) is 0 Å². The van der Waals surface area contributed by atoms with Gasteiger partial charge in [-0.3, -0.25) is 4.79 Å². The molecule has 0 bridgehead atoms. The van der Waals surface area contributed by atoms with E-state index in [0.717, 1.165) is 32.2 Å². The molecule has 0 aromatic carbocycles. The van der Waals surface area contributed by atoms with E-state index < -0.39 is 0 Å². The van der Waals surface area contributed by atoms with Gasteiger partial charge in [0.1, 0.15) is 20.3 Å². The Morgan fingerprint density at radius 3 is 2.50 bits per heavy atom. The van der Waals surface area contributed by atoms with Crippen molar-refractivity contribution in [1.29, 1.82) is 0 Å². The number of nitrogens with zero attached hydrogens (tertiary/aromatic N) is 1. The van der Waals surface area contributed by atoms with E-state index in [4.69, 9.17) is 0 Å². The van der Waals surface area contributed by atoms with Crippen LogP contribution in [0.2, 0.25) is 0 Å². The van der Waals surface area contributed by atoms with Crippen LogP contribution in [0.5, 0.6) is 0 Å². The van der Waals surface area contributed by atoms with Gasteiger partial charge in [-0.25, -0.2) is 4.58 Å². The molecule has 0 unspecified atom stereocenters. The van der Waals surface area contributed by atoms with Crippen molar-refractivity contribution >= 4 is 12.6 Å². The number of rotatable bonds is 6. The van der Waals surface area contributed by atoms with Crippen molar-refractivity contribution < 1.29 is 9.37 Å². The third-order valence-corrected chi connectivity index (χ3v) is 1.35. The number of unbranched alkanes of at least 4 members (excludes halogenated alkanes) is 2. The zero-order chi connectivity index (χ0) is 8.53. The van der Waals surface area contributed by atoms with Gasteiger partial charge in [-0.05, 0) is 12.8 Å². The highest BCUT2D eigenvalue weighted by Crippen LogP contribution is 1.89. The number of carbonyl (C=O) groups excluding carboxylic acids is 1. The molecule has 0 saturated heterocycles. The highest BCUT2D eigenvalue weighted by Gasteiger charge is 1.88. The van der Waals surface area contributed by atoms with Crippen molar-refractivity contribution in [2.45, 2.75) is 26.7 Å². The average molecular weight is 176 g/mol. The minimum Gasteiger partial charge on any atom is -0.359 e. The third-order valence-electron chi connectivity index (χ3n) is 1.35. The summed E-state index contributed by atoms with van der Waals surface area (Å²) in [7, 11) is 4.04. The maximum atomic E-state index is 9.82. The van der Waals surface area contributed by atoms with E-state index in [1.807, 2.05) is 18.7 Å². The molecule has 12 heavy (non-hydrogen) atoms. The molecule has 0 aliphatic heterocycles. The highest BCUT2D eigenvalue weighted by molar-refractivity contribution is 5.50. The monoisotopic (exact) mass is 176 g/mol. The molecule has 0 saturated carbocycles. The Morgan fingerprint density at radius 2 is 2.00 bits per heavy atom. The van der Waals surface area contributed by atoms with Crippen LogP contribution in [0.15, 0.2) is 0 Å². The molecule has 0 fully saturated rings. The second-order valence-corrected chi connectivity index (χ2v) is 2.71. The molecule has 0 aliphatic carbocycles. The lowest BCUT2D eigenvalue weighted by Gasteiger charge is -1.94. The Balaban J connectivity index is 0. The number of hydrogen-bond donors (Lipinski definition) is 1. The zero-order valence-electron chi connectivity index (χ0n) is 7.34. The van der Waals surface area contributed by atoms with Crippen LogP contribution in [0.25, 0.3) is 0 Å². The molecule has 0 radical (unpaired) electrons. The van der Waals surface area contributed by atoms with Crippen molar-refractivity contribution in [2.24, 2.45) is 0 Å². The first-order valence-corrected chi connectivity index (χ1v) is 3.94. The first kappa shape index (κ1) is 13.7. The SMILES string of the molecule is C[N+](C)=CCCCC[15NH][13CH]=O.[13CH4]. The largest absolute Gasteiger partial charge is 0.359 e. The summed E-state index contributed by atoms with van der Waals surface area (Å²) in [6.07, 6.45) is 6.17. The van der Waals surface area contributed by atoms with E-state index in [-0.39, 0.29) is 7.43 Å². The molecule has 0 aliphatic rings. The van der Waals surface area contributed by atoms with Crippen LogP contribution < -0.4 is 5.32 Å². The number of carbonyl (C=O) groups is 1. The van der Waals surface area contributed by atoms with Crippen LogP contribution in [-0.4, -0.2) is 37.8 Å². The van der Waals surface area contributed by atoms with Crippen LogP contribution in [0.1, 0.15) is 26.7 Å². The number of hydrogen-bond acceptors (Lipinski definition) is 1. The van der Waals surface area contributed by atoms with Crippen LogP contribution in [0.3, 0.4) is 0 Å². The Kier molecular flexibility index (Phi) is 11.6. The fraction of sp³-hybridized carbons (Fsp3) is 0.778. The predicted octanol–water partition coefficient (Wildman–Crippen LogP) is 0.882. The minimum atomic E-state index is 0. The van der Waals surface area contributed by atoms with Gasteiger partial charge in [-0.15, -0.1) is 0 Å². The van der Waals surface area contributed by atoms with Gasteiger partial charge < -0.3 is 5.32 Å². The smallest absolute Gasteiger partial charge is 0.207 e. The van der Waals surface area contributed by atoms with Gasteiger partial charge in [-0.2, -0.15) is 0 Å². The lowest BCUT2D eigenvalue weighted by Crippen LogP contribution is -2.11. The molecule has 0 aromatic rings. The summed E-state index contributed by atoms with van der Waals surface area (Å²) in [6.45, 7) is 0.796. The van der Waals surface area contributed by atoms with Gasteiger partial charge in [0, 0.05) is 13.0 Å². The molecule has 0 heterocycles. The molecular formula is C9H21N2O+. The predicted molar refractivity (Wildman–Crippen MR) is 52.8 cm³/mol. The standard InChI is InChI=1S/C8H16N2O.CH4/c1-10(2)7-5-3-4-6-9-8-11;/h7-8H,3-6H2,1-2H3;1H4/p+1/i8+1,9+1;1+1. The lowest BCUT2D eigenvalue weighted by atomic mass is 10.2. The summed E-state index contributed by atoms with van der Waals surface area (Å²) in [5, 5.41) is 2.63. The number of amides is 1. The van der Waals surface area contributed by atoms with Crippen LogP contribution in [0.4, 0.5) is 0 Å². The third kappa shape index (κ3) is 11.9. The lowest BCUT2D eigenvalue weighted by molar-refractivity contribution is -0.460. The molecule has 0 atom stereocenters. The summed E-state index contributed by atoms with van der Waals surface area (Å²) in [5.41, 5.74) is 0. The quantitative estimate of drug-likeness (QED) is 0.160. The molecule has 72 valence electrons. The van der Waals surface area contributed by atoms with Gasteiger partial charge in [0.05, 0.1) is 0 Å². The molecule has 0 aromatic heterocycles. The first-order chi connectivity index (χ1) is 5.27. The molecule has 1 amide bonds. The summed E-state index contributed by atoms with van der Waals surface area (Å²) in [5.74, 6) is 0. The van der Waals surface area contributed by atoms with Crippen LogP contribution >= 0.6 is 0 Å². The van der Waals surface area contributed by atoms with Crippen molar-refractivity contribution in [2.75, 3.05) is 20.6 Å². The van der Waals surface area contributed by atoms with Gasteiger partial charge in [0.15, 0.2) is 0 Å². The second-order valence-electron chi connectivity index (χ2n) is 2.71. The van der Waals surface area contributed by atoms with E-state index in [2.05, 4.69) is 11.5 Å². The highest BCUT2D eigenvalue weighted by atomic mass is 16.2. The van der Waals surface area contributed by atoms with Gasteiger partial charge in [-0.1, -0.05) is 7.43 Å². The summed E-state index contributed by atoms with van der Waals surface area (Å²) < 4.78 is 2.05. The van der Waals surface area contributed by atoms with Crippen LogP contribution in [0, 0.1) is 0 Å². The van der Waals surface area contributed by atoms with E-state index in [1.54, 1.807) is 0 Å². The summed E-state index contributed by atoms with van der Waals surface area (Å²) >= 11 is 0. The van der Waals surface area contributed by atoms with E-state index in [1.165, 1.54) is 0 Å². The Hall–Kier alpha value is -0.860. The minimum absolute atomic E-state index is 0. The molecule has 1 N–H and O–H groups in total. The van der Waals surface area contributed by atoms with Gasteiger partial charge in [0.2, 0.25) is 6.41 Å². The normalized spacial score (nSPS) is 8.17. The van der Waals surface area contributed by atoms with Gasteiger partial charge >= 0.3 is 0 Å². The van der Waals surface area contributed by atoms with Gasteiger partial charge in [0.25, 0.3) is 0 Å². The Bertz CT molecular complexity index is 128. The Morgan fingerprint density at radius 1 is 1.33 bits per heavy atom. The van der Waals surface area contributed by atoms with Crippen molar-refractivity contribution in [1.82, 2.24) is 5.32 Å².